The Hall–Kier alpha value is 0.255. The molecule has 2 aliphatic heterocycles. The topological polar surface area (TPSA) is 41.6 Å². The molecular weight excluding hydrogens is 314 g/mol. The van der Waals surface area contributed by atoms with Crippen molar-refractivity contribution in [3.05, 3.63) is 29.3 Å². The summed E-state index contributed by atoms with van der Waals surface area (Å²) in [6.45, 7) is 4.54. The third kappa shape index (κ3) is 3.48. The monoisotopic (exact) mass is 330 g/mol. The van der Waals surface area contributed by atoms with Gasteiger partial charge in [-0.2, -0.15) is 17.7 Å². The van der Waals surface area contributed by atoms with Gasteiger partial charge in [0.2, 0.25) is 0 Å². The van der Waals surface area contributed by atoms with Crippen molar-refractivity contribution in [3.63, 3.8) is 0 Å². The molecule has 5 heteroatoms. The summed E-state index contributed by atoms with van der Waals surface area (Å²) in [6, 6.07) is 7.34. The minimum absolute atomic E-state index is 0. The molecule has 0 bridgehead atoms. The fourth-order valence-electron chi connectivity index (χ4n) is 2.55. The normalized spacial score (nSPS) is 22.3. The number of ether oxygens (including phenoxy) is 1. The zero-order valence-corrected chi connectivity index (χ0v) is 16.4. The Morgan fingerprint density at radius 2 is 2.21 bits per heavy atom. The summed E-state index contributed by atoms with van der Waals surface area (Å²) in [7, 11) is 0. The standard InChI is InChI=1S/C14H17N2O2.Rb/c1-10-9-16(14(17)18-10)13-3-2-11-4-6-15-7-5-12(11)8-13;/h3,8,10,15H,4-7,9H2,1H3;/q-1;+1. The van der Waals surface area contributed by atoms with Crippen molar-refractivity contribution in [3.8, 4) is 0 Å². The van der Waals surface area contributed by atoms with E-state index in [0.717, 1.165) is 31.6 Å². The molecule has 0 spiro atoms. The SMILES string of the molecule is CC1CN(c2c[c-]c3c(c2)CCNCC3)C(=O)O1.[Rb+]. The molecule has 1 N–H and O–H groups in total. The van der Waals surface area contributed by atoms with Gasteiger partial charge in [0, 0.05) is 0 Å². The van der Waals surface area contributed by atoms with Gasteiger partial charge in [-0.25, -0.2) is 4.79 Å². The van der Waals surface area contributed by atoms with E-state index in [2.05, 4.69) is 17.4 Å². The average Bonchev–Trinajstić information content (AvgIpc) is 2.58. The van der Waals surface area contributed by atoms with Gasteiger partial charge in [-0.1, -0.05) is 12.1 Å². The Morgan fingerprint density at radius 3 is 2.95 bits per heavy atom. The number of hydrogen-bond acceptors (Lipinski definition) is 3. The summed E-state index contributed by atoms with van der Waals surface area (Å²) in [5.41, 5.74) is 3.47. The van der Waals surface area contributed by atoms with Crippen LogP contribution in [0.5, 0.6) is 0 Å². The largest absolute Gasteiger partial charge is 1.00 e. The van der Waals surface area contributed by atoms with Crippen LogP contribution in [0.3, 0.4) is 0 Å². The van der Waals surface area contributed by atoms with Crippen molar-refractivity contribution in [1.29, 1.82) is 0 Å². The van der Waals surface area contributed by atoms with Crippen LogP contribution in [-0.4, -0.2) is 31.8 Å². The summed E-state index contributed by atoms with van der Waals surface area (Å²) < 4.78 is 5.16. The van der Waals surface area contributed by atoms with Gasteiger partial charge in [0.1, 0.15) is 6.10 Å². The fourth-order valence-corrected chi connectivity index (χ4v) is 2.55. The van der Waals surface area contributed by atoms with Crippen LogP contribution in [0.2, 0.25) is 0 Å². The summed E-state index contributed by atoms with van der Waals surface area (Å²) in [5.74, 6) is 0. The molecule has 4 nitrogen and oxygen atoms in total. The Bertz CT molecular complexity index is 479. The Kier molecular flexibility index (Phi) is 5.60. The fraction of sp³-hybridized carbons (Fsp3) is 0.500. The van der Waals surface area contributed by atoms with Gasteiger partial charge in [-0.05, 0) is 26.4 Å². The second-order valence-corrected chi connectivity index (χ2v) is 4.92. The molecule has 1 saturated heterocycles. The maximum atomic E-state index is 11.7. The second kappa shape index (κ2) is 6.81. The maximum absolute atomic E-state index is 11.7. The van der Waals surface area contributed by atoms with Gasteiger partial charge in [0.15, 0.2) is 0 Å². The first-order chi connectivity index (χ1) is 8.74. The molecule has 0 saturated carbocycles. The molecule has 0 radical (unpaired) electrons. The predicted octanol–water partition coefficient (Wildman–Crippen LogP) is -1.48. The van der Waals surface area contributed by atoms with E-state index in [1.807, 2.05) is 13.0 Å². The number of hydrogen-bond donors (Lipinski definition) is 1. The number of benzene rings is 1. The quantitative estimate of drug-likeness (QED) is 0.639. The van der Waals surface area contributed by atoms with Crippen LogP contribution >= 0.6 is 0 Å². The molecule has 1 aromatic carbocycles. The molecule has 1 atom stereocenters. The predicted molar refractivity (Wildman–Crippen MR) is 68.8 cm³/mol. The van der Waals surface area contributed by atoms with Crippen LogP contribution < -0.4 is 68.4 Å². The summed E-state index contributed by atoms with van der Waals surface area (Å²) in [6.07, 6.45) is 1.73. The maximum Gasteiger partial charge on any atom is 1.00 e. The van der Waals surface area contributed by atoms with Crippen LogP contribution in [0.25, 0.3) is 0 Å². The zero-order chi connectivity index (χ0) is 12.5. The molecule has 96 valence electrons. The van der Waals surface area contributed by atoms with E-state index in [4.69, 9.17) is 4.74 Å². The number of carbonyl (C=O) groups is 1. The van der Waals surface area contributed by atoms with E-state index in [1.165, 1.54) is 11.1 Å². The van der Waals surface area contributed by atoms with E-state index in [1.54, 1.807) is 4.90 Å². The molecular formula is C14H17N2O2Rb. The average molecular weight is 331 g/mol. The van der Waals surface area contributed by atoms with Crippen molar-refractivity contribution in [1.82, 2.24) is 5.32 Å². The zero-order valence-electron chi connectivity index (χ0n) is 11.5. The van der Waals surface area contributed by atoms with E-state index in [-0.39, 0.29) is 70.4 Å². The van der Waals surface area contributed by atoms with Gasteiger partial charge < -0.3 is 15.0 Å². The Morgan fingerprint density at radius 1 is 1.42 bits per heavy atom. The van der Waals surface area contributed by atoms with Crippen molar-refractivity contribution >= 4 is 11.8 Å². The van der Waals surface area contributed by atoms with Gasteiger partial charge in [0.25, 0.3) is 0 Å². The number of rotatable bonds is 1. The van der Waals surface area contributed by atoms with Crippen LogP contribution in [0, 0.1) is 6.07 Å². The van der Waals surface area contributed by atoms with Gasteiger partial charge in [0.05, 0.1) is 6.54 Å². The van der Waals surface area contributed by atoms with Crippen molar-refractivity contribution in [2.45, 2.75) is 25.9 Å². The molecule has 3 rings (SSSR count). The smallest absolute Gasteiger partial charge is 0.445 e. The first kappa shape index (κ1) is 15.6. The number of anilines is 1. The molecule has 0 aliphatic carbocycles. The van der Waals surface area contributed by atoms with E-state index < -0.39 is 0 Å². The Labute approximate surface area is 162 Å². The van der Waals surface area contributed by atoms with Crippen LogP contribution in [0.15, 0.2) is 12.1 Å². The molecule has 1 unspecified atom stereocenters. The van der Waals surface area contributed by atoms with Gasteiger partial charge in [-0.3, -0.25) is 0 Å². The first-order valence-corrected chi connectivity index (χ1v) is 6.46. The third-order valence-corrected chi connectivity index (χ3v) is 3.50. The van der Waals surface area contributed by atoms with Crippen LogP contribution in [0.4, 0.5) is 10.5 Å². The molecule has 1 fully saturated rings. The van der Waals surface area contributed by atoms with Crippen molar-refractivity contribution in [2.75, 3.05) is 24.5 Å². The summed E-state index contributed by atoms with van der Waals surface area (Å²) in [5, 5.41) is 3.37. The third-order valence-electron chi connectivity index (χ3n) is 3.50. The molecule has 0 aromatic heterocycles. The molecule has 2 heterocycles. The number of fused-ring (bicyclic) bond motifs is 1. The van der Waals surface area contributed by atoms with Crippen LogP contribution in [0.1, 0.15) is 18.1 Å². The van der Waals surface area contributed by atoms with Crippen molar-refractivity contribution < 1.29 is 67.7 Å². The Balaban J connectivity index is 0.00000133. The number of nitrogens with zero attached hydrogens (tertiary/aromatic N) is 1. The number of carbonyl (C=O) groups excluding carboxylic acids is 1. The summed E-state index contributed by atoms with van der Waals surface area (Å²) >= 11 is 0. The minimum atomic E-state index is -0.248. The molecule has 19 heavy (non-hydrogen) atoms. The minimum Gasteiger partial charge on any atom is -0.445 e. The molecule has 2 aliphatic rings. The van der Waals surface area contributed by atoms with Gasteiger partial charge >= 0.3 is 64.3 Å². The number of amides is 1. The van der Waals surface area contributed by atoms with Gasteiger partial charge in [-0.15, -0.1) is 11.6 Å². The first-order valence-electron chi connectivity index (χ1n) is 6.46. The number of cyclic esters (lactones) is 1. The second-order valence-electron chi connectivity index (χ2n) is 4.92. The summed E-state index contributed by atoms with van der Waals surface area (Å²) in [4.78, 5) is 13.4. The van der Waals surface area contributed by atoms with Crippen molar-refractivity contribution in [2.24, 2.45) is 0 Å². The van der Waals surface area contributed by atoms with E-state index >= 15 is 0 Å². The van der Waals surface area contributed by atoms with Crippen LogP contribution in [-0.2, 0) is 17.6 Å². The molecule has 1 amide bonds. The number of nitrogens with one attached hydrogen (secondary N) is 1. The van der Waals surface area contributed by atoms with E-state index in [9.17, 15) is 4.79 Å². The molecule has 1 aromatic rings. The van der Waals surface area contributed by atoms with E-state index in [0.29, 0.717) is 6.54 Å².